The fourth-order valence-electron chi connectivity index (χ4n) is 8.57. The summed E-state index contributed by atoms with van der Waals surface area (Å²) >= 11 is 0. The summed E-state index contributed by atoms with van der Waals surface area (Å²) in [7, 11) is 0. The normalized spacial score (nSPS) is 13.2. The summed E-state index contributed by atoms with van der Waals surface area (Å²) in [6, 6.07) is 51.1. The Balaban J connectivity index is 1.04. The zero-order chi connectivity index (χ0) is 36.7. The molecule has 0 spiro atoms. The Labute approximate surface area is 320 Å². The molecule has 0 saturated carbocycles. The third-order valence-electron chi connectivity index (χ3n) is 11.3. The first-order valence-corrected chi connectivity index (χ1v) is 19.1. The van der Waals surface area contributed by atoms with E-state index in [4.69, 9.17) is 23.8 Å². The molecule has 3 aromatic heterocycles. The van der Waals surface area contributed by atoms with Crippen LogP contribution < -0.4 is 0 Å². The number of fused-ring (bicyclic) bond motifs is 10. The molecular formula is C51H31N3O2. The number of benzene rings is 8. The van der Waals surface area contributed by atoms with Crippen molar-refractivity contribution in [2.75, 3.05) is 0 Å². The van der Waals surface area contributed by atoms with E-state index in [2.05, 4.69) is 152 Å². The van der Waals surface area contributed by atoms with Crippen LogP contribution in [0.15, 0.2) is 173 Å². The van der Waals surface area contributed by atoms with Crippen LogP contribution in [0.4, 0.5) is 0 Å². The Hall–Kier alpha value is -7.37. The number of allylic oxidation sites excluding steroid dienone is 4. The highest BCUT2D eigenvalue weighted by atomic mass is 16.3. The largest absolute Gasteiger partial charge is 0.456 e. The lowest BCUT2D eigenvalue weighted by molar-refractivity contribution is 0.668. The minimum atomic E-state index is 0.611. The molecule has 5 heteroatoms. The van der Waals surface area contributed by atoms with Crippen molar-refractivity contribution in [3.8, 4) is 33.9 Å². The Morgan fingerprint density at radius 3 is 2.00 bits per heavy atom. The number of para-hydroxylation sites is 1. The summed E-state index contributed by atoms with van der Waals surface area (Å²) in [5, 5.41) is 11.3. The summed E-state index contributed by atoms with van der Waals surface area (Å²) in [6.45, 7) is 0. The Bertz CT molecular complexity index is 3490. The number of rotatable bonds is 4. The molecule has 0 N–H and O–H groups in total. The lowest BCUT2D eigenvalue weighted by Crippen LogP contribution is -2.03. The molecule has 3 heterocycles. The van der Waals surface area contributed by atoms with Gasteiger partial charge in [-0.2, -0.15) is 0 Å². The first-order chi connectivity index (χ1) is 27.7. The molecule has 0 unspecified atom stereocenters. The molecule has 56 heavy (non-hydrogen) atoms. The number of furan rings is 2. The smallest absolute Gasteiger partial charge is 0.164 e. The van der Waals surface area contributed by atoms with Crippen LogP contribution in [0.1, 0.15) is 18.7 Å². The molecule has 262 valence electrons. The Morgan fingerprint density at radius 2 is 1.11 bits per heavy atom. The van der Waals surface area contributed by atoms with E-state index in [1.165, 1.54) is 26.9 Å². The van der Waals surface area contributed by atoms with Crippen LogP contribution in [0, 0.1) is 0 Å². The highest BCUT2D eigenvalue weighted by molar-refractivity contribution is 6.16. The lowest BCUT2D eigenvalue weighted by Gasteiger charge is -2.12. The molecule has 5 nitrogen and oxygen atoms in total. The average Bonchev–Trinajstić information content (AvgIpc) is 3.83. The van der Waals surface area contributed by atoms with Gasteiger partial charge in [0.2, 0.25) is 0 Å². The second-order valence-electron chi connectivity index (χ2n) is 14.6. The standard InChI is InChI=1S/C51H31N3O2/c1-2-11-32(12-3-1)49-52-50(36-23-22-31-21-20-30-10-6-7-15-37(30)41(31)28-36)54-51(53-49)40-18-9-19-45-47(40)39-17-8-16-38(48(39)56-45)35-24-25-44-42(27-35)43-26-33-13-4-5-14-34(33)29-46(43)55-44/h2,4-29H,1,3H2. The average molecular weight is 718 g/mol. The van der Waals surface area contributed by atoms with Gasteiger partial charge < -0.3 is 8.83 Å². The van der Waals surface area contributed by atoms with Gasteiger partial charge >= 0.3 is 0 Å². The third kappa shape index (κ3) is 4.84. The molecule has 11 aromatic rings. The van der Waals surface area contributed by atoms with Crippen LogP contribution in [0.2, 0.25) is 0 Å². The van der Waals surface area contributed by atoms with Gasteiger partial charge in [-0.3, -0.25) is 0 Å². The zero-order valence-electron chi connectivity index (χ0n) is 30.2. The minimum Gasteiger partial charge on any atom is -0.456 e. The molecule has 0 fully saturated rings. The summed E-state index contributed by atoms with van der Waals surface area (Å²) in [6.07, 6.45) is 8.50. The first kappa shape index (κ1) is 31.0. The highest BCUT2D eigenvalue weighted by Crippen LogP contribution is 2.42. The minimum absolute atomic E-state index is 0.611. The first-order valence-electron chi connectivity index (χ1n) is 19.1. The highest BCUT2D eigenvalue weighted by Gasteiger charge is 2.21. The van der Waals surface area contributed by atoms with Gasteiger partial charge in [0, 0.05) is 43.8 Å². The van der Waals surface area contributed by atoms with Gasteiger partial charge in [0.05, 0.1) is 0 Å². The number of hydrogen-bond acceptors (Lipinski definition) is 5. The summed E-state index contributed by atoms with van der Waals surface area (Å²) in [5.74, 6) is 1.91. The van der Waals surface area contributed by atoms with E-state index in [0.717, 1.165) is 89.9 Å². The van der Waals surface area contributed by atoms with E-state index in [-0.39, 0.29) is 0 Å². The summed E-state index contributed by atoms with van der Waals surface area (Å²) in [5.41, 5.74) is 8.28. The maximum atomic E-state index is 6.77. The molecular weight excluding hydrogens is 687 g/mol. The van der Waals surface area contributed by atoms with Crippen LogP contribution in [0.25, 0.3) is 116 Å². The monoisotopic (exact) mass is 717 g/mol. The number of aromatic nitrogens is 3. The summed E-state index contributed by atoms with van der Waals surface area (Å²) in [4.78, 5) is 15.5. The SMILES string of the molecule is C1=CC(c2nc(-c3ccc4ccc5ccccc5c4c3)nc(-c3cccc4oc5c(-c6ccc7oc8cc9ccccc9cc8c7c6)cccc5c34)n2)=CCC1. The number of hydrogen-bond donors (Lipinski definition) is 0. The van der Waals surface area contributed by atoms with Crippen molar-refractivity contribution in [2.24, 2.45) is 0 Å². The van der Waals surface area contributed by atoms with E-state index >= 15 is 0 Å². The Kier molecular flexibility index (Phi) is 6.69. The van der Waals surface area contributed by atoms with E-state index in [0.29, 0.717) is 17.5 Å². The van der Waals surface area contributed by atoms with Crippen LogP contribution in [0.5, 0.6) is 0 Å². The van der Waals surface area contributed by atoms with Crippen molar-refractivity contribution in [1.29, 1.82) is 0 Å². The van der Waals surface area contributed by atoms with Crippen molar-refractivity contribution in [3.63, 3.8) is 0 Å². The van der Waals surface area contributed by atoms with Gasteiger partial charge in [-0.1, -0.05) is 127 Å². The molecule has 1 aliphatic carbocycles. The second kappa shape index (κ2) is 12.1. The van der Waals surface area contributed by atoms with Crippen molar-refractivity contribution in [3.05, 3.63) is 170 Å². The fourth-order valence-corrected chi connectivity index (χ4v) is 8.57. The van der Waals surface area contributed by atoms with E-state index < -0.39 is 0 Å². The van der Waals surface area contributed by atoms with Crippen LogP contribution in [-0.2, 0) is 0 Å². The van der Waals surface area contributed by atoms with E-state index in [1.54, 1.807) is 0 Å². The molecule has 0 atom stereocenters. The molecule has 0 aliphatic heterocycles. The molecule has 0 amide bonds. The van der Waals surface area contributed by atoms with Gasteiger partial charge in [-0.05, 0) is 87.1 Å². The van der Waals surface area contributed by atoms with Crippen LogP contribution in [0.3, 0.4) is 0 Å². The fraction of sp³-hybridized carbons (Fsp3) is 0.0392. The van der Waals surface area contributed by atoms with E-state index in [1.807, 2.05) is 12.1 Å². The predicted octanol–water partition coefficient (Wildman–Crippen LogP) is 13.9. The predicted molar refractivity (Wildman–Crippen MR) is 230 cm³/mol. The maximum Gasteiger partial charge on any atom is 0.164 e. The molecule has 0 saturated heterocycles. The molecule has 0 radical (unpaired) electrons. The Morgan fingerprint density at radius 1 is 0.411 bits per heavy atom. The molecule has 12 rings (SSSR count). The summed E-state index contributed by atoms with van der Waals surface area (Å²) < 4.78 is 13.1. The van der Waals surface area contributed by atoms with Crippen molar-refractivity contribution >= 4 is 81.8 Å². The van der Waals surface area contributed by atoms with Crippen molar-refractivity contribution in [1.82, 2.24) is 15.0 Å². The van der Waals surface area contributed by atoms with Crippen LogP contribution in [-0.4, -0.2) is 15.0 Å². The number of nitrogens with zero attached hydrogens (tertiary/aromatic N) is 3. The zero-order valence-corrected chi connectivity index (χ0v) is 30.2. The van der Waals surface area contributed by atoms with E-state index in [9.17, 15) is 0 Å². The topological polar surface area (TPSA) is 65.0 Å². The van der Waals surface area contributed by atoms with Crippen molar-refractivity contribution < 1.29 is 8.83 Å². The van der Waals surface area contributed by atoms with Gasteiger partial charge in [0.1, 0.15) is 22.3 Å². The molecule has 1 aliphatic rings. The van der Waals surface area contributed by atoms with Crippen molar-refractivity contribution in [2.45, 2.75) is 12.8 Å². The second-order valence-corrected chi connectivity index (χ2v) is 14.6. The van der Waals surface area contributed by atoms with Gasteiger partial charge in [0.25, 0.3) is 0 Å². The van der Waals surface area contributed by atoms with Gasteiger partial charge in [-0.15, -0.1) is 0 Å². The quantitative estimate of drug-likeness (QED) is 0.170. The maximum absolute atomic E-state index is 6.77. The molecule has 8 aromatic carbocycles. The van der Waals surface area contributed by atoms with Gasteiger partial charge in [-0.25, -0.2) is 15.0 Å². The lowest BCUT2D eigenvalue weighted by atomic mass is 9.98. The third-order valence-corrected chi connectivity index (χ3v) is 11.3. The molecule has 0 bridgehead atoms. The van der Waals surface area contributed by atoms with Gasteiger partial charge in [0.15, 0.2) is 17.5 Å². The van der Waals surface area contributed by atoms with Crippen LogP contribution >= 0.6 is 0 Å².